The van der Waals surface area contributed by atoms with Crippen LogP contribution < -0.4 is 10.1 Å². The van der Waals surface area contributed by atoms with Crippen LogP contribution in [0.15, 0.2) is 91.3 Å². The Morgan fingerprint density at radius 1 is 0.900 bits per heavy atom. The van der Waals surface area contributed by atoms with E-state index in [1.165, 1.54) is 12.4 Å². The molecule has 0 aliphatic rings. The summed E-state index contributed by atoms with van der Waals surface area (Å²) in [6.07, 6.45) is 3.06. The van der Waals surface area contributed by atoms with Crippen LogP contribution in [0, 0.1) is 0 Å². The summed E-state index contributed by atoms with van der Waals surface area (Å²) >= 11 is 0. The Hall–Kier alpha value is -4.19. The lowest BCUT2D eigenvalue weighted by molar-refractivity contribution is 0.102. The number of rotatable bonds is 6. The van der Waals surface area contributed by atoms with E-state index < -0.39 is 0 Å². The minimum absolute atomic E-state index is 0.142. The fourth-order valence-corrected chi connectivity index (χ4v) is 2.86. The fraction of sp³-hybridized carbons (Fsp3) is 0.0417. The monoisotopic (exact) mass is 397 g/mol. The van der Waals surface area contributed by atoms with Crippen LogP contribution in [-0.2, 0) is 6.61 Å². The maximum absolute atomic E-state index is 12.6. The van der Waals surface area contributed by atoms with Gasteiger partial charge in [0, 0.05) is 11.1 Å². The molecule has 3 aromatic carbocycles. The van der Waals surface area contributed by atoms with Gasteiger partial charge in [-0.2, -0.15) is 0 Å². The number of carbonyl (C=O) groups excluding carboxylic acids is 1. The Morgan fingerprint density at radius 2 is 1.67 bits per heavy atom. The van der Waals surface area contributed by atoms with Gasteiger partial charge in [-0.1, -0.05) is 48.5 Å². The quantitative estimate of drug-likeness (QED) is 0.493. The minimum Gasteiger partial charge on any atom is -0.508 e. The summed E-state index contributed by atoms with van der Waals surface area (Å²) in [6, 6.07) is 23.5. The molecule has 148 valence electrons. The first-order chi connectivity index (χ1) is 14.7. The third kappa shape index (κ3) is 4.80. The van der Waals surface area contributed by atoms with Crippen molar-refractivity contribution in [2.75, 3.05) is 5.32 Å². The highest BCUT2D eigenvalue weighted by Gasteiger charge is 2.09. The van der Waals surface area contributed by atoms with Crippen molar-refractivity contribution < 1.29 is 14.6 Å². The molecule has 0 saturated carbocycles. The summed E-state index contributed by atoms with van der Waals surface area (Å²) in [5.41, 5.74) is 2.68. The molecule has 0 fully saturated rings. The fourth-order valence-electron chi connectivity index (χ4n) is 2.86. The molecule has 0 saturated heterocycles. The standard InChI is InChI=1S/C24H19N3O3/c28-21-10-4-8-18(12-21)23-25-14-20(15-26-23)27-24(29)19-9-5-11-22(13-19)30-16-17-6-2-1-3-7-17/h1-15,28H,16H2,(H,27,29). The lowest BCUT2D eigenvalue weighted by Crippen LogP contribution is -2.12. The molecule has 30 heavy (non-hydrogen) atoms. The topological polar surface area (TPSA) is 84.3 Å². The van der Waals surface area contributed by atoms with Crippen molar-refractivity contribution >= 4 is 11.6 Å². The number of hydrogen-bond donors (Lipinski definition) is 2. The van der Waals surface area contributed by atoms with E-state index in [9.17, 15) is 9.90 Å². The molecule has 6 heteroatoms. The summed E-state index contributed by atoms with van der Waals surface area (Å²) in [5, 5.41) is 12.4. The van der Waals surface area contributed by atoms with Crippen LogP contribution in [0.3, 0.4) is 0 Å². The number of phenolic OH excluding ortho intramolecular Hbond substituents is 1. The molecular weight excluding hydrogens is 378 g/mol. The molecule has 6 nitrogen and oxygen atoms in total. The number of aromatic nitrogens is 2. The van der Waals surface area contributed by atoms with Crippen LogP contribution in [-0.4, -0.2) is 21.0 Å². The highest BCUT2D eigenvalue weighted by atomic mass is 16.5. The van der Waals surface area contributed by atoms with Gasteiger partial charge in [0.25, 0.3) is 5.91 Å². The number of phenols is 1. The van der Waals surface area contributed by atoms with E-state index in [4.69, 9.17) is 4.74 Å². The zero-order valence-electron chi connectivity index (χ0n) is 16.0. The number of amides is 1. The van der Waals surface area contributed by atoms with Gasteiger partial charge in [0.2, 0.25) is 0 Å². The highest BCUT2D eigenvalue weighted by molar-refractivity contribution is 6.04. The summed E-state index contributed by atoms with van der Waals surface area (Å²) in [5.74, 6) is 0.930. The van der Waals surface area contributed by atoms with Gasteiger partial charge in [-0.25, -0.2) is 9.97 Å². The van der Waals surface area contributed by atoms with Crippen LogP contribution in [0.5, 0.6) is 11.5 Å². The predicted octanol–water partition coefficient (Wildman–Crippen LogP) is 4.68. The van der Waals surface area contributed by atoms with Crippen LogP contribution >= 0.6 is 0 Å². The van der Waals surface area contributed by atoms with E-state index in [1.54, 1.807) is 42.5 Å². The van der Waals surface area contributed by atoms with Gasteiger partial charge in [-0.05, 0) is 35.9 Å². The molecule has 1 heterocycles. The first kappa shape index (κ1) is 19.1. The second-order valence-electron chi connectivity index (χ2n) is 6.60. The molecule has 0 atom stereocenters. The molecule has 4 rings (SSSR count). The molecule has 0 spiro atoms. The van der Waals surface area contributed by atoms with Crippen LogP contribution in [0.1, 0.15) is 15.9 Å². The molecular formula is C24H19N3O3. The van der Waals surface area contributed by atoms with E-state index in [2.05, 4.69) is 15.3 Å². The Balaban J connectivity index is 1.41. The summed E-state index contributed by atoms with van der Waals surface area (Å²) in [6.45, 7) is 0.427. The summed E-state index contributed by atoms with van der Waals surface area (Å²) in [4.78, 5) is 21.1. The van der Waals surface area contributed by atoms with Crippen molar-refractivity contribution in [3.05, 3.63) is 102 Å². The highest BCUT2D eigenvalue weighted by Crippen LogP contribution is 2.21. The molecule has 0 radical (unpaired) electrons. The number of nitrogens with zero attached hydrogens (tertiary/aromatic N) is 2. The molecule has 0 unspecified atom stereocenters. The van der Waals surface area contributed by atoms with Crippen molar-refractivity contribution in [1.82, 2.24) is 9.97 Å². The van der Waals surface area contributed by atoms with E-state index in [0.717, 1.165) is 5.56 Å². The summed E-state index contributed by atoms with van der Waals surface area (Å²) in [7, 11) is 0. The third-order valence-electron chi connectivity index (χ3n) is 4.36. The van der Waals surface area contributed by atoms with E-state index in [-0.39, 0.29) is 11.7 Å². The minimum atomic E-state index is -0.283. The second kappa shape index (κ2) is 8.87. The van der Waals surface area contributed by atoms with Gasteiger partial charge in [-0.15, -0.1) is 0 Å². The first-order valence-corrected chi connectivity index (χ1v) is 9.37. The molecule has 4 aromatic rings. The SMILES string of the molecule is O=C(Nc1cnc(-c2cccc(O)c2)nc1)c1cccc(OCc2ccccc2)c1. The zero-order chi connectivity index (χ0) is 20.8. The number of benzene rings is 3. The zero-order valence-corrected chi connectivity index (χ0v) is 16.0. The molecule has 1 amide bonds. The Bertz CT molecular complexity index is 1150. The number of hydrogen-bond acceptors (Lipinski definition) is 5. The van der Waals surface area contributed by atoms with Gasteiger partial charge >= 0.3 is 0 Å². The van der Waals surface area contributed by atoms with Gasteiger partial charge in [0.15, 0.2) is 5.82 Å². The lowest BCUT2D eigenvalue weighted by atomic mass is 10.2. The summed E-state index contributed by atoms with van der Waals surface area (Å²) < 4.78 is 5.78. The van der Waals surface area contributed by atoms with Crippen molar-refractivity contribution in [1.29, 1.82) is 0 Å². The van der Waals surface area contributed by atoms with Crippen molar-refractivity contribution in [3.8, 4) is 22.9 Å². The molecule has 0 aliphatic heterocycles. The van der Waals surface area contributed by atoms with Crippen LogP contribution in [0.25, 0.3) is 11.4 Å². The first-order valence-electron chi connectivity index (χ1n) is 9.37. The number of nitrogens with one attached hydrogen (secondary N) is 1. The van der Waals surface area contributed by atoms with Gasteiger partial charge in [-0.3, -0.25) is 4.79 Å². The normalized spacial score (nSPS) is 10.4. The Kier molecular flexibility index (Phi) is 5.66. The van der Waals surface area contributed by atoms with Crippen molar-refractivity contribution in [2.45, 2.75) is 6.61 Å². The maximum atomic E-state index is 12.6. The number of aromatic hydroxyl groups is 1. The number of carbonyl (C=O) groups is 1. The van der Waals surface area contributed by atoms with E-state index >= 15 is 0 Å². The Labute approximate surface area is 173 Å². The smallest absolute Gasteiger partial charge is 0.255 e. The maximum Gasteiger partial charge on any atom is 0.255 e. The third-order valence-corrected chi connectivity index (χ3v) is 4.36. The lowest BCUT2D eigenvalue weighted by Gasteiger charge is -2.09. The van der Waals surface area contributed by atoms with Gasteiger partial charge < -0.3 is 15.2 Å². The molecule has 0 bridgehead atoms. The van der Waals surface area contributed by atoms with Gasteiger partial charge in [0.1, 0.15) is 18.1 Å². The van der Waals surface area contributed by atoms with Crippen molar-refractivity contribution in [2.24, 2.45) is 0 Å². The molecule has 1 aromatic heterocycles. The average Bonchev–Trinajstić information content (AvgIpc) is 2.79. The average molecular weight is 397 g/mol. The van der Waals surface area contributed by atoms with Crippen LogP contribution in [0.2, 0.25) is 0 Å². The Morgan fingerprint density at radius 3 is 2.43 bits per heavy atom. The van der Waals surface area contributed by atoms with E-state index in [1.807, 2.05) is 36.4 Å². The number of ether oxygens (including phenoxy) is 1. The second-order valence-corrected chi connectivity index (χ2v) is 6.60. The predicted molar refractivity (Wildman–Crippen MR) is 114 cm³/mol. The van der Waals surface area contributed by atoms with Crippen molar-refractivity contribution in [3.63, 3.8) is 0 Å². The molecule has 2 N–H and O–H groups in total. The molecule has 0 aliphatic carbocycles. The number of anilines is 1. The largest absolute Gasteiger partial charge is 0.508 e. The van der Waals surface area contributed by atoms with Gasteiger partial charge in [0.05, 0.1) is 18.1 Å². The van der Waals surface area contributed by atoms with Crippen LogP contribution in [0.4, 0.5) is 5.69 Å². The van der Waals surface area contributed by atoms with E-state index in [0.29, 0.717) is 35.0 Å².